The van der Waals surface area contributed by atoms with E-state index in [1.54, 1.807) is 0 Å². The van der Waals surface area contributed by atoms with Crippen LogP contribution in [-0.4, -0.2) is 43.6 Å². The van der Waals surface area contributed by atoms with E-state index in [1.807, 2.05) is 19.9 Å². The third-order valence-electron chi connectivity index (χ3n) is 5.36. The van der Waals surface area contributed by atoms with Crippen LogP contribution in [0, 0.1) is 5.41 Å². The number of nitrogens with zero attached hydrogens (tertiary/aromatic N) is 1. The molecule has 1 aliphatic heterocycles. The fourth-order valence-corrected chi connectivity index (χ4v) is 3.58. The van der Waals surface area contributed by atoms with Crippen LogP contribution in [0.1, 0.15) is 44.2 Å². The number of nitrogens with one attached hydrogen (secondary N) is 1. The lowest BCUT2D eigenvalue weighted by atomic mass is 9.92. The number of carbonyl (C=O) groups is 1. The van der Waals surface area contributed by atoms with E-state index in [0.29, 0.717) is 12.6 Å². The SMILES string of the molecule is CN1CCC(NC(=O)C(C)(C)COc2cccc3c2CCC3)CC1. The zero-order valence-electron chi connectivity index (χ0n) is 15.2. The molecule has 1 aromatic carbocycles. The molecule has 0 radical (unpaired) electrons. The first-order chi connectivity index (χ1) is 11.5. The minimum atomic E-state index is -0.523. The number of fused-ring (bicyclic) bond motifs is 1. The summed E-state index contributed by atoms with van der Waals surface area (Å²) in [6.45, 7) is 6.47. The largest absolute Gasteiger partial charge is 0.492 e. The zero-order valence-corrected chi connectivity index (χ0v) is 15.2. The van der Waals surface area contributed by atoms with Gasteiger partial charge in [0.15, 0.2) is 0 Å². The molecule has 1 N–H and O–H groups in total. The van der Waals surface area contributed by atoms with Gasteiger partial charge in [-0.05, 0) is 83.3 Å². The summed E-state index contributed by atoms with van der Waals surface area (Å²) in [4.78, 5) is 15.0. The van der Waals surface area contributed by atoms with Gasteiger partial charge in [0, 0.05) is 6.04 Å². The summed E-state index contributed by atoms with van der Waals surface area (Å²) in [7, 11) is 2.13. The van der Waals surface area contributed by atoms with Crippen LogP contribution in [0.2, 0.25) is 0 Å². The van der Waals surface area contributed by atoms with Gasteiger partial charge in [-0.25, -0.2) is 0 Å². The molecule has 1 amide bonds. The summed E-state index contributed by atoms with van der Waals surface area (Å²) in [5.41, 5.74) is 2.22. The van der Waals surface area contributed by atoms with Gasteiger partial charge >= 0.3 is 0 Å². The topological polar surface area (TPSA) is 41.6 Å². The molecule has 1 fully saturated rings. The van der Waals surface area contributed by atoms with Crippen molar-refractivity contribution in [3.8, 4) is 5.75 Å². The molecule has 0 saturated carbocycles. The highest BCUT2D eigenvalue weighted by Crippen LogP contribution is 2.31. The van der Waals surface area contributed by atoms with Crippen molar-refractivity contribution in [1.82, 2.24) is 10.2 Å². The van der Waals surface area contributed by atoms with E-state index in [1.165, 1.54) is 17.5 Å². The highest BCUT2D eigenvalue weighted by molar-refractivity contribution is 5.82. The molecular weight excluding hydrogens is 300 g/mol. The summed E-state index contributed by atoms with van der Waals surface area (Å²) in [6.07, 6.45) is 5.51. The molecule has 0 bridgehead atoms. The third kappa shape index (κ3) is 3.92. The highest BCUT2D eigenvalue weighted by atomic mass is 16.5. The fraction of sp³-hybridized carbons (Fsp3) is 0.650. The summed E-state index contributed by atoms with van der Waals surface area (Å²) in [5, 5.41) is 3.22. The second-order valence-corrected chi connectivity index (χ2v) is 7.97. The van der Waals surface area contributed by atoms with Crippen LogP contribution in [0.3, 0.4) is 0 Å². The standard InChI is InChI=1S/C20H30N2O2/c1-20(2,19(23)21-16-10-12-22(3)13-11-16)14-24-18-9-5-7-15-6-4-8-17(15)18/h5,7,9,16H,4,6,8,10-14H2,1-3H3,(H,21,23). The number of piperidine rings is 1. The predicted molar refractivity (Wildman–Crippen MR) is 96.4 cm³/mol. The maximum atomic E-state index is 12.7. The molecule has 0 aromatic heterocycles. The molecule has 24 heavy (non-hydrogen) atoms. The number of hydrogen-bond donors (Lipinski definition) is 1. The number of aryl methyl sites for hydroxylation is 1. The maximum absolute atomic E-state index is 12.7. The molecule has 0 unspecified atom stereocenters. The monoisotopic (exact) mass is 330 g/mol. The third-order valence-corrected chi connectivity index (χ3v) is 5.36. The predicted octanol–water partition coefficient (Wildman–Crippen LogP) is 2.79. The quantitative estimate of drug-likeness (QED) is 0.903. The first-order valence-electron chi connectivity index (χ1n) is 9.19. The number of rotatable bonds is 5. The summed E-state index contributed by atoms with van der Waals surface area (Å²) in [6, 6.07) is 6.59. The normalized spacial score (nSPS) is 19.1. The zero-order chi connectivity index (χ0) is 17.2. The first-order valence-corrected chi connectivity index (χ1v) is 9.19. The Morgan fingerprint density at radius 1 is 1.29 bits per heavy atom. The van der Waals surface area contributed by atoms with Gasteiger partial charge in [-0.15, -0.1) is 0 Å². The molecule has 1 aliphatic carbocycles. The average Bonchev–Trinajstić information content (AvgIpc) is 3.04. The number of benzene rings is 1. The van der Waals surface area contributed by atoms with Gasteiger partial charge in [-0.3, -0.25) is 4.79 Å². The minimum absolute atomic E-state index is 0.102. The number of amides is 1. The van der Waals surface area contributed by atoms with Gasteiger partial charge in [-0.2, -0.15) is 0 Å². The Bertz CT molecular complexity index is 589. The number of likely N-dealkylation sites (tertiary alicyclic amines) is 1. The molecular formula is C20H30N2O2. The van der Waals surface area contributed by atoms with Crippen molar-refractivity contribution in [2.75, 3.05) is 26.7 Å². The summed E-state index contributed by atoms with van der Waals surface area (Å²) < 4.78 is 6.07. The van der Waals surface area contributed by atoms with Crippen molar-refractivity contribution in [2.45, 2.75) is 52.0 Å². The van der Waals surface area contributed by atoms with E-state index in [4.69, 9.17) is 4.74 Å². The van der Waals surface area contributed by atoms with Crippen LogP contribution in [0.15, 0.2) is 18.2 Å². The minimum Gasteiger partial charge on any atom is -0.492 e. The van der Waals surface area contributed by atoms with Crippen molar-refractivity contribution >= 4 is 5.91 Å². The van der Waals surface area contributed by atoms with E-state index >= 15 is 0 Å². The smallest absolute Gasteiger partial charge is 0.229 e. The number of ether oxygens (including phenoxy) is 1. The lowest BCUT2D eigenvalue weighted by Crippen LogP contribution is -2.49. The number of hydrogen-bond acceptors (Lipinski definition) is 3. The Morgan fingerprint density at radius 3 is 2.79 bits per heavy atom. The van der Waals surface area contributed by atoms with Crippen LogP contribution in [-0.2, 0) is 17.6 Å². The van der Waals surface area contributed by atoms with E-state index < -0.39 is 5.41 Å². The van der Waals surface area contributed by atoms with Crippen molar-refractivity contribution in [1.29, 1.82) is 0 Å². The molecule has 1 heterocycles. The van der Waals surface area contributed by atoms with E-state index in [9.17, 15) is 4.79 Å². The molecule has 2 aliphatic rings. The lowest BCUT2D eigenvalue weighted by Gasteiger charge is -2.32. The van der Waals surface area contributed by atoms with Gasteiger partial charge in [0.05, 0.1) is 5.41 Å². The molecule has 1 saturated heterocycles. The second kappa shape index (κ2) is 7.14. The van der Waals surface area contributed by atoms with Gasteiger partial charge < -0.3 is 15.0 Å². The van der Waals surface area contributed by atoms with Gasteiger partial charge in [0.1, 0.15) is 12.4 Å². The molecule has 0 spiro atoms. The van der Waals surface area contributed by atoms with E-state index in [0.717, 1.165) is 44.5 Å². The van der Waals surface area contributed by atoms with E-state index in [-0.39, 0.29) is 5.91 Å². The molecule has 1 aromatic rings. The Balaban J connectivity index is 1.55. The first kappa shape index (κ1) is 17.3. The molecule has 3 rings (SSSR count). The fourth-order valence-electron chi connectivity index (χ4n) is 3.58. The lowest BCUT2D eigenvalue weighted by molar-refractivity contribution is -0.131. The Morgan fingerprint density at radius 2 is 2.04 bits per heavy atom. The van der Waals surface area contributed by atoms with Crippen molar-refractivity contribution in [3.63, 3.8) is 0 Å². The van der Waals surface area contributed by atoms with Gasteiger partial charge in [-0.1, -0.05) is 12.1 Å². The van der Waals surface area contributed by atoms with Crippen molar-refractivity contribution < 1.29 is 9.53 Å². The van der Waals surface area contributed by atoms with Crippen LogP contribution in [0.25, 0.3) is 0 Å². The van der Waals surface area contributed by atoms with Crippen molar-refractivity contribution in [2.24, 2.45) is 5.41 Å². The summed E-state index contributed by atoms with van der Waals surface area (Å²) >= 11 is 0. The molecule has 0 atom stereocenters. The van der Waals surface area contributed by atoms with Crippen molar-refractivity contribution in [3.05, 3.63) is 29.3 Å². The Kier molecular flexibility index (Phi) is 5.14. The van der Waals surface area contributed by atoms with Crippen LogP contribution < -0.4 is 10.1 Å². The Labute approximate surface area is 145 Å². The van der Waals surface area contributed by atoms with Crippen LogP contribution in [0.5, 0.6) is 5.75 Å². The second-order valence-electron chi connectivity index (χ2n) is 7.97. The molecule has 132 valence electrons. The van der Waals surface area contributed by atoms with Gasteiger partial charge in [0.2, 0.25) is 5.91 Å². The molecule has 4 nitrogen and oxygen atoms in total. The average molecular weight is 330 g/mol. The Hall–Kier alpha value is -1.55. The van der Waals surface area contributed by atoms with E-state index in [2.05, 4.69) is 29.4 Å². The van der Waals surface area contributed by atoms with Gasteiger partial charge in [0.25, 0.3) is 0 Å². The van der Waals surface area contributed by atoms with Crippen LogP contribution in [0.4, 0.5) is 0 Å². The number of carbonyl (C=O) groups excluding carboxylic acids is 1. The summed E-state index contributed by atoms with van der Waals surface area (Å²) in [5.74, 6) is 1.06. The maximum Gasteiger partial charge on any atom is 0.229 e. The molecule has 4 heteroatoms. The highest BCUT2D eigenvalue weighted by Gasteiger charge is 2.31. The van der Waals surface area contributed by atoms with Crippen LogP contribution >= 0.6 is 0 Å².